The summed E-state index contributed by atoms with van der Waals surface area (Å²) in [4.78, 5) is 2.11. The van der Waals surface area contributed by atoms with E-state index in [1.165, 1.54) is 0 Å². The van der Waals surface area contributed by atoms with Gasteiger partial charge in [0, 0.05) is 13.1 Å². The summed E-state index contributed by atoms with van der Waals surface area (Å²) >= 11 is 0. The standard InChI is InChI=1S/C9H22N2O/c1-8(12)5-11(4)7-9(2,3)6-10/h8,12H,5-7,10H2,1-4H3/t8-/m1/s1. The van der Waals surface area contributed by atoms with Crippen molar-refractivity contribution in [2.75, 3.05) is 26.7 Å². The number of aliphatic hydroxyl groups excluding tert-OH is 1. The molecular formula is C9H22N2O. The molecule has 0 aromatic rings. The summed E-state index contributed by atoms with van der Waals surface area (Å²) in [5.74, 6) is 0. The quantitative estimate of drug-likeness (QED) is 0.629. The van der Waals surface area contributed by atoms with Gasteiger partial charge in [0.25, 0.3) is 0 Å². The van der Waals surface area contributed by atoms with Crippen molar-refractivity contribution in [1.82, 2.24) is 4.90 Å². The van der Waals surface area contributed by atoms with Crippen molar-refractivity contribution in [2.24, 2.45) is 11.1 Å². The summed E-state index contributed by atoms with van der Waals surface area (Å²) in [5.41, 5.74) is 5.74. The average molecular weight is 174 g/mol. The lowest BCUT2D eigenvalue weighted by Gasteiger charge is -2.29. The number of nitrogens with zero attached hydrogens (tertiary/aromatic N) is 1. The number of aliphatic hydroxyl groups is 1. The Morgan fingerprint density at radius 1 is 1.50 bits per heavy atom. The first-order chi connectivity index (χ1) is 5.37. The molecule has 0 unspecified atom stereocenters. The molecule has 74 valence electrons. The highest BCUT2D eigenvalue weighted by Crippen LogP contribution is 2.13. The Labute approximate surface area is 75.6 Å². The van der Waals surface area contributed by atoms with Gasteiger partial charge in [-0.25, -0.2) is 0 Å². The van der Waals surface area contributed by atoms with Gasteiger partial charge in [-0.2, -0.15) is 0 Å². The highest BCUT2D eigenvalue weighted by Gasteiger charge is 2.18. The molecule has 0 aromatic carbocycles. The highest BCUT2D eigenvalue weighted by molar-refractivity contribution is 4.73. The van der Waals surface area contributed by atoms with Crippen molar-refractivity contribution < 1.29 is 5.11 Å². The van der Waals surface area contributed by atoms with E-state index < -0.39 is 0 Å². The smallest absolute Gasteiger partial charge is 0.0638 e. The molecule has 12 heavy (non-hydrogen) atoms. The minimum atomic E-state index is -0.261. The lowest BCUT2D eigenvalue weighted by atomic mass is 9.93. The fraction of sp³-hybridized carbons (Fsp3) is 1.00. The Balaban J connectivity index is 3.75. The van der Waals surface area contributed by atoms with Crippen molar-refractivity contribution in [3.8, 4) is 0 Å². The molecule has 0 saturated carbocycles. The summed E-state index contributed by atoms with van der Waals surface area (Å²) in [7, 11) is 2.00. The van der Waals surface area contributed by atoms with Crippen LogP contribution in [0.1, 0.15) is 20.8 Å². The number of likely N-dealkylation sites (N-methyl/N-ethyl adjacent to an activating group) is 1. The Morgan fingerprint density at radius 2 is 2.00 bits per heavy atom. The van der Waals surface area contributed by atoms with Gasteiger partial charge in [0.2, 0.25) is 0 Å². The van der Waals surface area contributed by atoms with E-state index in [9.17, 15) is 0 Å². The van der Waals surface area contributed by atoms with Crippen LogP contribution < -0.4 is 5.73 Å². The monoisotopic (exact) mass is 174 g/mol. The van der Waals surface area contributed by atoms with Gasteiger partial charge in [-0.15, -0.1) is 0 Å². The number of hydrogen-bond acceptors (Lipinski definition) is 3. The molecule has 0 aromatic heterocycles. The van der Waals surface area contributed by atoms with Gasteiger partial charge < -0.3 is 15.7 Å². The number of hydrogen-bond donors (Lipinski definition) is 2. The molecule has 0 aliphatic heterocycles. The van der Waals surface area contributed by atoms with Crippen LogP contribution in [0, 0.1) is 5.41 Å². The number of nitrogens with two attached hydrogens (primary N) is 1. The maximum atomic E-state index is 9.12. The van der Waals surface area contributed by atoms with E-state index in [4.69, 9.17) is 10.8 Å². The van der Waals surface area contributed by atoms with Crippen molar-refractivity contribution in [1.29, 1.82) is 0 Å². The summed E-state index contributed by atoms with van der Waals surface area (Å²) < 4.78 is 0. The van der Waals surface area contributed by atoms with Crippen LogP contribution in [0.2, 0.25) is 0 Å². The fourth-order valence-electron chi connectivity index (χ4n) is 1.31. The fourth-order valence-corrected chi connectivity index (χ4v) is 1.31. The predicted octanol–water partition coefficient (Wildman–Crippen LogP) is 0.284. The molecule has 0 heterocycles. The molecule has 0 rings (SSSR count). The third-order valence-corrected chi connectivity index (χ3v) is 1.83. The van der Waals surface area contributed by atoms with Crippen LogP contribution in [0.4, 0.5) is 0 Å². The van der Waals surface area contributed by atoms with E-state index in [1.807, 2.05) is 7.05 Å². The molecule has 3 nitrogen and oxygen atoms in total. The maximum Gasteiger partial charge on any atom is 0.0638 e. The zero-order chi connectivity index (χ0) is 9.78. The zero-order valence-corrected chi connectivity index (χ0v) is 8.67. The van der Waals surface area contributed by atoms with Crippen LogP contribution in [0.3, 0.4) is 0 Å². The lowest BCUT2D eigenvalue weighted by molar-refractivity contribution is 0.118. The number of rotatable bonds is 5. The average Bonchev–Trinajstić information content (AvgIpc) is 1.84. The second kappa shape index (κ2) is 4.80. The van der Waals surface area contributed by atoms with Gasteiger partial charge in [0.15, 0.2) is 0 Å². The predicted molar refractivity (Wildman–Crippen MR) is 52.0 cm³/mol. The van der Waals surface area contributed by atoms with Crippen molar-refractivity contribution >= 4 is 0 Å². The third kappa shape index (κ3) is 5.52. The molecule has 0 amide bonds. The molecule has 0 radical (unpaired) electrons. The van der Waals surface area contributed by atoms with Crippen LogP contribution in [0.15, 0.2) is 0 Å². The van der Waals surface area contributed by atoms with E-state index in [2.05, 4.69) is 18.7 Å². The van der Waals surface area contributed by atoms with Crippen LogP contribution >= 0.6 is 0 Å². The van der Waals surface area contributed by atoms with Gasteiger partial charge >= 0.3 is 0 Å². The summed E-state index contributed by atoms with van der Waals surface area (Å²) in [5, 5.41) is 9.12. The van der Waals surface area contributed by atoms with Crippen LogP contribution in [-0.2, 0) is 0 Å². The first kappa shape index (κ1) is 11.9. The topological polar surface area (TPSA) is 49.5 Å². The first-order valence-corrected chi connectivity index (χ1v) is 4.44. The van der Waals surface area contributed by atoms with Crippen LogP contribution in [-0.4, -0.2) is 42.8 Å². The van der Waals surface area contributed by atoms with Gasteiger partial charge in [0.1, 0.15) is 0 Å². The molecule has 0 aliphatic carbocycles. The minimum absolute atomic E-state index is 0.143. The van der Waals surface area contributed by atoms with Crippen LogP contribution in [0.5, 0.6) is 0 Å². The molecule has 0 saturated heterocycles. The second-order valence-corrected chi connectivity index (χ2v) is 4.41. The molecule has 3 heteroatoms. The summed E-state index contributed by atoms with van der Waals surface area (Å²) in [6, 6.07) is 0. The normalized spacial score (nSPS) is 15.2. The maximum absolute atomic E-state index is 9.12. The Hall–Kier alpha value is -0.120. The van der Waals surface area contributed by atoms with Gasteiger partial charge in [-0.05, 0) is 25.9 Å². The van der Waals surface area contributed by atoms with E-state index in [-0.39, 0.29) is 11.5 Å². The van der Waals surface area contributed by atoms with Gasteiger partial charge in [-0.1, -0.05) is 13.8 Å². The van der Waals surface area contributed by atoms with Crippen molar-refractivity contribution in [3.63, 3.8) is 0 Å². The molecule has 3 N–H and O–H groups in total. The van der Waals surface area contributed by atoms with Gasteiger partial charge in [-0.3, -0.25) is 0 Å². The van der Waals surface area contributed by atoms with Crippen molar-refractivity contribution in [2.45, 2.75) is 26.9 Å². The van der Waals surface area contributed by atoms with Crippen LogP contribution in [0.25, 0.3) is 0 Å². The summed E-state index contributed by atoms with van der Waals surface area (Å²) in [6.45, 7) is 8.37. The molecule has 0 aliphatic rings. The van der Waals surface area contributed by atoms with E-state index in [0.29, 0.717) is 13.1 Å². The largest absolute Gasteiger partial charge is 0.392 e. The second-order valence-electron chi connectivity index (χ2n) is 4.41. The Morgan fingerprint density at radius 3 is 2.33 bits per heavy atom. The molecule has 0 spiro atoms. The molecular weight excluding hydrogens is 152 g/mol. The highest BCUT2D eigenvalue weighted by atomic mass is 16.3. The minimum Gasteiger partial charge on any atom is -0.392 e. The molecule has 0 fully saturated rings. The van der Waals surface area contributed by atoms with Gasteiger partial charge in [0.05, 0.1) is 6.10 Å². The molecule has 0 bridgehead atoms. The Kier molecular flexibility index (Phi) is 4.75. The van der Waals surface area contributed by atoms with E-state index >= 15 is 0 Å². The molecule has 1 atom stereocenters. The first-order valence-electron chi connectivity index (χ1n) is 4.44. The van der Waals surface area contributed by atoms with E-state index in [1.54, 1.807) is 6.92 Å². The lowest BCUT2D eigenvalue weighted by Crippen LogP contribution is -2.39. The summed E-state index contributed by atoms with van der Waals surface area (Å²) in [6.07, 6.45) is -0.261. The third-order valence-electron chi connectivity index (χ3n) is 1.83. The van der Waals surface area contributed by atoms with Crippen molar-refractivity contribution in [3.05, 3.63) is 0 Å². The zero-order valence-electron chi connectivity index (χ0n) is 8.67. The Bertz CT molecular complexity index is 124. The SMILES string of the molecule is C[C@@H](O)CN(C)CC(C)(C)CN. The van der Waals surface area contributed by atoms with E-state index in [0.717, 1.165) is 6.54 Å².